The molecule has 14 heteroatoms. The number of halogens is 3. The van der Waals surface area contributed by atoms with Crippen LogP contribution < -0.4 is 20.3 Å². The first kappa shape index (κ1) is 32.4. The average Bonchev–Trinajstić information content (AvgIpc) is 3.58. The van der Waals surface area contributed by atoms with Gasteiger partial charge in [-0.05, 0) is 73.7 Å². The fourth-order valence-electron chi connectivity index (χ4n) is 5.55. The van der Waals surface area contributed by atoms with Gasteiger partial charge in [0.25, 0.3) is 5.91 Å². The van der Waals surface area contributed by atoms with Crippen molar-refractivity contribution in [2.24, 2.45) is 5.92 Å². The number of H-pyrrole nitrogens is 1. The summed E-state index contributed by atoms with van der Waals surface area (Å²) in [6.45, 7) is 4.94. The van der Waals surface area contributed by atoms with Gasteiger partial charge >= 0.3 is 6.18 Å². The van der Waals surface area contributed by atoms with Crippen molar-refractivity contribution >= 4 is 34.2 Å². The van der Waals surface area contributed by atoms with Crippen LogP contribution in [0.15, 0.2) is 67.1 Å². The van der Waals surface area contributed by atoms with Crippen LogP contribution in [-0.2, 0) is 11.0 Å². The predicted molar refractivity (Wildman–Crippen MR) is 174 cm³/mol. The Bertz CT molecular complexity index is 1940. The van der Waals surface area contributed by atoms with E-state index < -0.39 is 17.6 Å². The monoisotopic (exact) mass is 658 g/mol. The van der Waals surface area contributed by atoms with Gasteiger partial charge in [-0.1, -0.05) is 13.0 Å². The molecule has 48 heavy (non-hydrogen) atoms. The first-order chi connectivity index (χ1) is 23.1. The summed E-state index contributed by atoms with van der Waals surface area (Å²) in [4.78, 5) is 39.8. The molecule has 1 aliphatic rings. The number of hydrogen-bond donors (Lipinski definition) is 3. The molecule has 0 atom stereocenters. The maximum atomic E-state index is 14.3. The number of alkyl halides is 3. The summed E-state index contributed by atoms with van der Waals surface area (Å²) in [5, 5.41) is 12.9. The molecule has 5 aromatic rings. The van der Waals surface area contributed by atoms with Gasteiger partial charge in [-0.3, -0.25) is 19.7 Å². The number of aromatic amines is 1. The molecule has 1 aliphatic heterocycles. The van der Waals surface area contributed by atoms with Crippen LogP contribution in [0, 0.1) is 12.8 Å². The Kier molecular flexibility index (Phi) is 9.24. The number of nitrogens with zero attached hydrogens (tertiary/aromatic N) is 5. The maximum absolute atomic E-state index is 14.3. The van der Waals surface area contributed by atoms with E-state index in [0.29, 0.717) is 72.6 Å². The first-order valence-electron chi connectivity index (χ1n) is 15.5. The number of amides is 2. The number of aromatic nitrogens is 5. The second-order valence-electron chi connectivity index (χ2n) is 11.6. The number of pyridine rings is 1. The van der Waals surface area contributed by atoms with Gasteiger partial charge in [0, 0.05) is 61.0 Å². The van der Waals surface area contributed by atoms with Gasteiger partial charge in [-0.15, -0.1) is 0 Å². The topological polar surface area (TPSA) is 138 Å². The SMILES string of the molecule is CCC(=O)NCC1CCN(c2ccc(NC(=O)c3ccc(C)c(Oc4nc(-c5cccnc5)nc5[nH]ncc45)c3)cc2C(F)(F)F)CC1. The summed E-state index contributed by atoms with van der Waals surface area (Å²) in [6, 6.07) is 12.1. The van der Waals surface area contributed by atoms with Gasteiger partial charge in [0.05, 0.1) is 11.8 Å². The lowest BCUT2D eigenvalue weighted by molar-refractivity contribution is -0.137. The number of carbonyl (C=O) groups is 2. The largest absolute Gasteiger partial charge is 0.438 e. The van der Waals surface area contributed by atoms with E-state index in [2.05, 4.69) is 35.8 Å². The van der Waals surface area contributed by atoms with Crippen molar-refractivity contribution in [3.63, 3.8) is 0 Å². The minimum Gasteiger partial charge on any atom is -0.438 e. The molecule has 4 heterocycles. The van der Waals surface area contributed by atoms with Crippen molar-refractivity contribution in [1.82, 2.24) is 30.5 Å². The number of carbonyl (C=O) groups excluding carboxylic acids is 2. The number of anilines is 2. The highest BCUT2D eigenvalue weighted by atomic mass is 19.4. The fourth-order valence-corrected chi connectivity index (χ4v) is 5.55. The van der Waals surface area contributed by atoms with Gasteiger partial charge < -0.3 is 20.3 Å². The van der Waals surface area contributed by atoms with Crippen LogP contribution in [-0.4, -0.2) is 56.6 Å². The van der Waals surface area contributed by atoms with Crippen LogP contribution in [0.2, 0.25) is 0 Å². The Morgan fingerprint density at radius 2 is 1.88 bits per heavy atom. The highest BCUT2D eigenvalue weighted by Crippen LogP contribution is 2.40. The zero-order chi connectivity index (χ0) is 33.8. The second kappa shape index (κ2) is 13.7. The maximum Gasteiger partial charge on any atom is 0.418 e. The molecule has 6 rings (SSSR count). The fraction of sp³-hybridized carbons (Fsp3) is 0.294. The van der Waals surface area contributed by atoms with Gasteiger partial charge in [-0.25, -0.2) is 4.98 Å². The number of piperidine rings is 1. The highest BCUT2D eigenvalue weighted by Gasteiger charge is 2.36. The molecule has 0 aliphatic carbocycles. The summed E-state index contributed by atoms with van der Waals surface area (Å²) < 4.78 is 49.0. The third-order valence-electron chi connectivity index (χ3n) is 8.28. The summed E-state index contributed by atoms with van der Waals surface area (Å²) in [5.74, 6) is 0.438. The zero-order valence-corrected chi connectivity index (χ0v) is 26.3. The summed E-state index contributed by atoms with van der Waals surface area (Å²) in [5.41, 5.74) is 1.22. The summed E-state index contributed by atoms with van der Waals surface area (Å²) in [7, 11) is 0. The second-order valence-corrected chi connectivity index (χ2v) is 11.6. The molecule has 0 radical (unpaired) electrons. The Morgan fingerprint density at radius 3 is 2.60 bits per heavy atom. The highest BCUT2D eigenvalue weighted by molar-refractivity contribution is 6.04. The van der Waals surface area contributed by atoms with Crippen molar-refractivity contribution in [3.05, 3.63) is 83.8 Å². The van der Waals surface area contributed by atoms with Gasteiger partial charge in [0.2, 0.25) is 11.8 Å². The van der Waals surface area contributed by atoms with Crippen molar-refractivity contribution in [2.45, 2.75) is 39.3 Å². The number of fused-ring (bicyclic) bond motifs is 1. The molecule has 0 bridgehead atoms. The van der Waals surface area contributed by atoms with Crippen LogP contribution in [0.3, 0.4) is 0 Å². The van der Waals surface area contributed by atoms with Crippen LogP contribution in [0.4, 0.5) is 24.5 Å². The predicted octanol–water partition coefficient (Wildman–Crippen LogP) is 6.53. The van der Waals surface area contributed by atoms with E-state index in [4.69, 9.17) is 4.74 Å². The molecule has 3 N–H and O–H groups in total. The van der Waals surface area contributed by atoms with E-state index in [-0.39, 0.29) is 34.6 Å². The number of hydrogen-bond acceptors (Lipinski definition) is 8. The number of ether oxygens (including phenoxy) is 1. The standard InChI is InChI=1S/C34H33F3N8O3/c1-3-29(46)39-17-21-10-13-45(14-11-21)27-9-8-24(16-26(27)34(35,36)37)41-32(47)22-7-6-20(2)28(15-22)48-33-25-19-40-44-31(25)42-30(43-33)23-5-4-12-38-18-23/h4-9,12,15-16,18-19,21H,3,10-11,13-14,17H2,1-2H3,(H,39,46)(H,41,47)(H,40,42,43,44). The Balaban J connectivity index is 1.19. The Hall–Kier alpha value is -5.53. The van der Waals surface area contributed by atoms with Crippen molar-refractivity contribution in [1.29, 1.82) is 0 Å². The molecule has 3 aromatic heterocycles. The molecule has 0 spiro atoms. The average molecular weight is 659 g/mol. The van der Waals surface area contributed by atoms with Crippen molar-refractivity contribution in [2.75, 3.05) is 29.9 Å². The zero-order valence-electron chi connectivity index (χ0n) is 26.3. The number of aryl methyl sites for hydroxylation is 1. The first-order valence-corrected chi connectivity index (χ1v) is 15.5. The normalized spacial score (nSPS) is 13.8. The van der Waals surface area contributed by atoms with Gasteiger partial charge in [0.1, 0.15) is 11.1 Å². The van der Waals surface area contributed by atoms with E-state index in [0.717, 1.165) is 6.07 Å². The van der Waals surface area contributed by atoms with Gasteiger partial charge in [0.15, 0.2) is 11.5 Å². The van der Waals surface area contributed by atoms with E-state index in [9.17, 15) is 22.8 Å². The molecular formula is C34H33F3N8O3. The molecule has 248 valence electrons. The molecule has 2 aromatic carbocycles. The van der Waals surface area contributed by atoms with E-state index >= 15 is 0 Å². The quantitative estimate of drug-likeness (QED) is 0.163. The minimum absolute atomic E-state index is 0.00769. The van der Waals surface area contributed by atoms with Crippen LogP contribution in [0.5, 0.6) is 11.6 Å². The molecular weight excluding hydrogens is 625 g/mol. The van der Waals surface area contributed by atoms with E-state index in [1.165, 1.54) is 24.4 Å². The third kappa shape index (κ3) is 7.22. The molecule has 1 fully saturated rings. The van der Waals surface area contributed by atoms with Crippen LogP contribution in [0.25, 0.3) is 22.4 Å². The van der Waals surface area contributed by atoms with Crippen molar-refractivity contribution in [3.8, 4) is 23.0 Å². The van der Waals surface area contributed by atoms with E-state index in [1.54, 1.807) is 55.4 Å². The molecule has 0 saturated carbocycles. The van der Waals surface area contributed by atoms with Crippen LogP contribution in [0.1, 0.15) is 47.7 Å². The molecule has 11 nitrogen and oxygen atoms in total. The molecule has 2 amide bonds. The Labute approximate surface area is 274 Å². The molecule has 1 saturated heterocycles. The lowest BCUT2D eigenvalue weighted by Crippen LogP contribution is -2.39. The van der Waals surface area contributed by atoms with E-state index in [1.807, 2.05) is 0 Å². The summed E-state index contributed by atoms with van der Waals surface area (Å²) >= 11 is 0. The number of benzene rings is 2. The van der Waals surface area contributed by atoms with Gasteiger partial charge in [-0.2, -0.15) is 23.3 Å². The van der Waals surface area contributed by atoms with Crippen molar-refractivity contribution < 1.29 is 27.5 Å². The number of nitrogens with one attached hydrogen (secondary N) is 3. The van der Waals surface area contributed by atoms with Crippen LogP contribution >= 0.6 is 0 Å². The lowest BCUT2D eigenvalue weighted by Gasteiger charge is -2.35. The Morgan fingerprint density at radius 1 is 1.06 bits per heavy atom. The lowest BCUT2D eigenvalue weighted by atomic mass is 9.95. The summed E-state index contributed by atoms with van der Waals surface area (Å²) in [6.07, 6.45) is 1.84. The molecule has 0 unspecified atom stereocenters. The minimum atomic E-state index is -4.64. The smallest absolute Gasteiger partial charge is 0.418 e. The number of rotatable bonds is 9. The third-order valence-corrected chi connectivity index (χ3v) is 8.28.